The van der Waals surface area contributed by atoms with E-state index >= 15 is 0 Å². The van der Waals surface area contributed by atoms with Crippen molar-refractivity contribution < 1.29 is 53.0 Å². The second-order valence-electron chi connectivity index (χ2n) is 17.5. The zero-order chi connectivity index (χ0) is 51.1. The zero-order valence-corrected chi connectivity index (χ0v) is 41.6. The Bertz CT molecular complexity index is 2910. The van der Waals surface area contributed by atoms with E-state index in [0.29, 0.717) is 97.4 Å². The molecule has 0 unspecified atom stereocenters. The molecule has 0 radical (unpaired) electrons. The van der Waals surface area contributed by atoms with Crippen LogP contribution < -0.4 is 34.1 Å². The van der Waals surface area contributed by atoms with E-state index in [2.05, 4.69) is 25.3 Å². The van der Waals surface area contributed by atoms with Crippen LogP contribution in [0, 0.1) is 0 Å². The number of aromatic nitrogens is 4. The lowest BCUT2D eigenvalue weighted by molar-refractivity contribution is 0.0179. The van der Waals surface area contributed by atoms with Crippen molar-refractivity contribution in [2.24, 2.45) is 0 Å². The van der Waals surface area contributed by atoms with E-state index in [1.54, 1.807) is 68.9 Å². The molecule has 3 N–H and O–H groups in total. The molecule has 71 heavy (non-hydrogen) atoms. The Hall–Kier alpha value is -7.51. The second kappa shape index (κ2) is 24.4. The summed E-state index contributed by atoms with van der Waals surface area (Å²) in [5.74, 6) is 3.17. The van der Waals surface area contributed by atoms with Crippen molar-refractivity contribution in [3.8, 4) is 34.8 Å². The summed E-state index contributed by atoms with van der Waals surface area (Å²) >= 11 is 5.81. The SMILES string of the molecule is CC(C)(C)N(C(=O)O)c1ccc(Oc2ccnc(Cl)n2)c2ccccc12.COCCOCCOCCOc1cc(Nc2nccc(Oc3ccc(N(C(=O)O)C(C)(C)C)c4ccccc34)n2)cc(OC)c1. The molecule has 0 atom stereocenters. The molecular weight excluding hydrogens is 934 g/mol. The summed E-state index contributed by atoms with van der Waals surface area (Å²) in [6.45, 7) is 13.9. The molecule has 2 aromatic heterocycles. The number of benzene rings is 5. The summed E-state index contributed by atoms with van der Waals surface area (Å²) < 4.78 is 39.2. The van der Waals surface area contributed by atoms with Gasteiger partial charge >= 0.3 is 12.2 Å². The molecule has 2 heterocycles. The summed E-state index contributed by atoms with van der Waals surface area (Å²) in [7, 11) is 3.21. The quantitative estimate of drug-likeness (QED) is 0.0508. The van der Waals surface area contributed by atoms with E-state index in [-0.39, 0.29) is 5.28 Å². The first kappa shape index (κ1) is 52.9. The summed E-state index contributed by atoms with van der Waals surface area (Å²) in [4.78, 5) is 43.5. The first-order valence-electron chi connectivity index (χ1n) is 22.5. The molecular formula is C52H58ClN7O11. The maximum atomic E-state index is 12.2. The lowest BCUT2D eigenvalue weighted by Gasteiger charge is -2.34. The highest BCUT2D eigenvalue weighted by atomic mass is 35.5. The number of rotatable bonds is 19. The van der Waals surface area contributed by atoms with Crippen LogP contribution in [-0.4, -0.2) is 107 Å². The van der Waals surface area contributed by atoms with Gasteiger partial charge in [-0.1, -0.05) is 48.5 Å². The van der Waals surface area contributed by atoms with E-state index < -0.39 is 23.3 Å². The van der Waals surface area contributed by atoms with Crippen LogP contribution >= 0.6 is 11.6 Å². The Balaban J connectivity index is 0.000000268. The van der Waals surface area contributed by atoms with Crippen molar-refractivity contribution in [1.29, 1.82) is 0 Å². The number of nitrogens with zero attached hydrogens (tertiary/aromatic N) is 6. The number of carbonyl (C=O) groups is 2. The van der Waals surface area contributed by atoms with Gasteiger partial charge in [0, 0.05) is 88.1 Å². The minimum absolute atomic E-state index is 0.0909. The Morgan fingerprint density at radius 3 is 1.56 bits per heavy atom. The predicted octanol–water partition coefficient (Wildman–Crippen LogP) is 11.9. The Morgan fingerprint density at radius 2 is 1.07 bits per heavy atom. The van der Waals surface area contributed by atoms with Gasteiger partial charge < -0.3 is 48.7 Å². The van der Waals surface area contributed by atoms with Crippen molar-refractivity contribution in [3.63, 3.8) is 0 Å². The number of fused-ring (bicyclic) bond motifs is 2. The van der Waals surface area contributed by atoms with Crippen LogP contribution in [0.5, 0.6) is 34.8 Å². The van der Waals surface area contributed by atoms with Crippen LogP contribution in [0.3, 0.4) is 0 Å². The largest absolute Gasteiger partial charge is 0.497 e. The van der Waals surface area contributed by atoms with Crippen molar-refractivity contribution in [2.75, 3.05) is 69.0 Å². The number of anilines is 4. The van der Waals surface area contributed by atoms with Gasteiger partial charge in [0.15, 0.2) is 0 Å². The third kappa shape index (κ3) is 14.5. The minimum Gasteiger partial charge on any atom is -0.497 e. The van der Waals surface area contributed by atoms with Gasteiger partial charge in [-0.15, -0.1) is 0 Å². The number of amides is 2. The molecule has 0 aliphatic carbocycles. The molecule has 18 nitrogen and oxygen atoms in total. The number of hydrogen-bond acceptors (Lipinski definition) is 14. The fourth-order valence-electron chi connectivity index (χ4n) is 7.30. The van der Waals surface area contributed by atoms with Gasteiger partial charge in [0.2, 0.25) is 23.0 Å². The van der Waals surface area contributed by atoms with Gasteiger partial charge in [-0.05, 0) is 77.4 Å². The standard InChI is InChI=1S/C33H40N4O8.C19H18ClN3O3/c1-33(2,3)37(32(38)39)28-10-11-29(27-9-7-6-8-26(27)28)45-30-12-13-34-31(36-30)35-23-20-24(41-5)22-25(21-23)44-19-18-43-17-16-42-15-14-40-4;1-19(2,3)23(18(24)25)14-8-9-15(13-7-5-4-6-12(13)14)26-16-10-11-21-17(20)22-16/h6-13,20-22H,14-19H2,1-5H3,(H,38,39)(H,34,35,36);4-11H,1-3H3,(H,24,25). The third-order valence-corrected chi connectivity index (χ3v) is 10.4. The maximum absolute atomic E-state index is 12.2. The third-order valence-electron chi connectivity index (χ3n) is 10.3. The average Bonchev–Trinajstić information content (AvgIpc) is 3.32. The van der Waals surface area contributed by atoms with E-state index in [9.17, 15) is 19.8 Å². The molecule has 0 fully saturated rings. The van der Waals surface area contributed by atoms with Gasteiger partial charge in [-0.3, -0.25) is 9.80 Å². The van der Waals surface area contributed by atoms with Gasteiger partial charge in [0.1, 0.15) is 29.6 Å². The molecule has 0 saturated heterocycles. The molecule has 19 heteroatoms. The molecule has 2 amide bonds. The van der Waals surface area contributed by atoms with Crippen LogP contribution in [-0.2, 0) is 14.2 Å². The highest BCUT2D eigenvalue weighted by Gasteiger charge is 2.31. The molecule has 7 aromatic rings. The number of halogens is 1. The molecule has 374 valence electrons. The summed E-state index contributed by atoms with van der Waals surface area (Å²) in [6, 6.07) is 30.6. The van der Waals surface area contributed by atoms with Crippen LogP contribution in [0.15, 0.2) is 116 Å². The smallest absolute Gasteiger partial charge is 0.412 e. The van der Waals surface area contributed by atoms with Crippen molar-refractivity contribution >= 4 is 68.3 Å². The highest BCUT2D eigenvalue weighted by molar-refractivity contribution is 6.28. The first-order valence-corrected chi connectivity index (χ1v) is 22.8. The normalized spacial score (nSPS) is 11.3. The fourth-order valence-corrected chi connectivity index (χ4v) is 7.44. The van der Waals surface area contributed by atoms with Gasteiger partial charge in [-0.2, -0.15) is 9.97 Å². The molecule has 0 saturated carbocycles. The van der Waals surface area contributed by atoms with Crippen molar-refractivity contribution in [2.45, 2.75) is 52.6 Å². The maximum Gasteiger partial charge on any atom is 0.412 e. The molecule has 0 aliphatic heterocycles. The molecule has 7 rings (SSSR count). The Labute approximate surface area is 417 Å². The summed E-state index contributed by atoms with van der Waals surface area (Å²) in [5, 5.41) is 26.0. The highest BCUT2D eigenvalue weighted by Crippen LogP contribution is 2.40. The number of hydrogen-bond donors (Lipinski definition) is 3. The minimum atomic E-state index is -1.04. The number of methoxy groups -OCH3 is 2. The van der Waals surface area contributed by atoms with Crippen LogP contribution in [0.1, 0.15) is 41.5 Å². The molecule has 0 spiro atoms. The van der Waals surface area contributed by atoms with Crippen LogP contribution in [0.4, 0.5) is 32.6 Å². The zero-order valence-electron chi connectivity index (χ0n) is 40.8. The van der Waals surface area contributed by atoms with Gasteiger partial charge in [0.05, 0.1) is 51.5 Å². The number of nitrogens with one attached hydrogen (secondary N) is 1. The fraction of sp³-hybridized carbons (Fsp3) is 0.308. The van der Waals surface area contributed by atoms with Crippen LogP contribution in [0.25, 0.3) is 21.5 Å². The Morgan fingerprint density at radius 1 is 0.592 bits per heavy atom. The Kier molecular flexibility index (Phi) is 18.1. The average molecular weight is 993 g/mol. The van der Waals surface area contributed by atoms with E-state index in [4.69, 9.17) is 44.8 Å². The van der Waals surface area contributed by atoms with Crippen molar-refractivity contribution in [1.82, 2.24) is 19.9 Å². The summed E-state index contributed by atoms with van der Waals surface area (Å²) in [6.07, 6.45) is 1.04. The first-order chi connectivity index (χ1) is 34.0. The van der Waals surface area contributed by atoms with E-state index in [1.807, 2.05) is 96.1 Å². The summed E-state index contributed by atoms with van der Waals surface area (Å²) in [5.41, 5.74) is 0.561. The predicted molar refractivity (Wildman–Crippen MR) is 273 cm³/mol. The monoisotopic (exact) mass is 991 g/mol. The second-order valence-corrected chi connectivity index (χ2v) is 17.8. The topological polar surface area (TPSA) is 209 Å². The number of carboxylic acid groups (broad SMARTS) is 2. The number of ether oxygens (including phenoxy) is 7. The molecule has 0 aliphatic rings. The van der Waals surface area contributed by atoms with Crippen molar-refractivity contribution in [3.05, 3.63) is 121 Å². The van der Waals surface area contributed by atoms with Crippen LogP contribution in [0.2, 0.25) is 5.28 Å². The van der Waals surface area contributed by atoms with Gasteiger partial charge in [-0.25, -0.2) is 19.6 Å². The molecule has 0 bridgehead atoms. The molecule has 5 aromatic carbocycles. The van der Waals surface area contributed by atoms with E-state index in [0.717, 1.165) is 21.5 Å². The van der Waals surface area contributed by atoms with E-state index in [1.165, 1.54) is 16.0 Å². The van der Waals surface area contributed by atoms with Gasteiger partial charge in [0.25, 0.3) is 0 Å². The lowest BCUT2D eigenvalue weighted by Crippen LogP contribution is -2.45. The lowest BCUT2D eigenvalue weighted by atomic mass is 10.0.